The molecule has 1 aromatic carbocycles. The third kappa shape index (κ3) is 5.08. The Morgan fingerprint density at radius 1 is 1.22 bits per heavy atom. The zero-order valence-corrected chi connectivity index (χ0v) is 18.8. The number of rotatable bonds is 8. The second-order valence-electron chi connectivity index (χ2n) is 8.24. The summed E-state index contributed by atoms with van der Waals surface area (Å²) in [5.74, 6) is -0.293. The SMILES string of the molecule is CS(=O)(=O)N(CCc1c[nH]c2ccccc12)CC1CCN(c2ncc(C(=O)O)cn2)CC1. The van der Waals surface area contributed by atoms with Crippen LogP contribution in [0.5, 0.6) is 0 Å². The van der Waals surface area contributed by atoms with Gasteiger partial charge in [-0.15, -0.1) is 0 Å². The van der Waals surface area contributed by atoms with Gasteiger partial charge >= 0.3 is 5.97 Å². The van der Waals surface area contributed by atoms with E-state index in [0.29, 0.717) is 38.5 Å². The molecule has 0 bridgehead atoms. The molecule has 0 atom stereocenters. The van der Waals surface area contributed by atoms with Crippen molar-refractivity contribution in [2.75, 3.05) is 37.3 Å². The second-order valence-corrected chi connectivity index (χ2v) is 10.2. The number of aromatic nitrogens is 3. The van der Waals surface area contributed by atoms with Gasteiger partial charge in [0.05, 0.1) is 11.8 Å². The van der Waals surface area contributed by atoms with Crippen molar-refractivity contribution in [1.82, 2.24) is 19.3 Å². The summed E-state index contributed by atoms with van der Waals surface area (Å²) in [4.78, 5) is 24.5. The monoisotopic (exact) mass is 457 g/mol. The third-order valence-electron chi connectivity index (χ3n) is 6.02. The predicted molar refractivity (Wildman–Crippen MR) is 122 cm³/mol. The van der Waals surface area contributed by atoms with E-state index in [-0.39, 0.29) is 11.5 Å². The average molecular weight is 458 g/mol. The Morgan fingerprint density at radius 3 is 2.56 bits per heavy atom. The van der Waals surface area contributed by atoms with Crippen molar-refractivity contribution in [2.45, 2.75) is 19.3 Å². The molecular formula is C22H27N5O4S. The number of carboxylic acids is 1. The summed E-state index contributed by atoms with van der Waals surface area (Å²) in [5, 5.41) is 10.1. The number of nitrogens with one attached hydrogen (secondary N) is 1. The zero-order chi connectivity index (χ0) is 22.7. The van der Waals surface area contributed by atoms with Gasteiger partial charge in [0.25, 0.3) is 0 Å². The lowest BCUT2D eigenvalue weighted by atomic mass is 9.97. The summed E-state index contributed by atoms with van der Waals surface area (Å²) in [7, 11) is -3.32. The van der Waals surface area contributed by atoms with Gasteiger partial charge in [-0.25, -0.2) is 27.5 Å². The molecule has 4 rings (SSSR count). The highest BCUT2D eigenvalue weighted by molar-refractivity contribution is 7.88. The minimum atomic E-state index is -3.32. The van der Waals surface area contributed by atoms with Gasteiger partial charge in [0.2, 0.25) is 16.0 Å². The fraction of sp³-hybridized carbons (Fsp3) is 0.409. The summed E-state index contributed by atoms with van der Waals surface area (Å²) in [6, 6.07) is 8.02. The van der Waals surface area contributed by atoms with Crippen LogP contribution in [-0.4, -0.2) is 71.2 Å². The smallest absolute Gasteiger partial charge is 0.338 e. The summed E-state index contributed by atoms with van der Waals surface area (Å²) < 4.78 is 26.5. The Bertz CT molecular complexity index is 1180. The number of carboxylic acid groups (broad SMARTS) is 1. The minimum Gasteiger partial charge on any atom is -0.478 e. The van der Waals surface area contributed by atoms with Crippen molar-refractivity contribution in [3.63, 3.8) is 0 Å². The van der Waals surface area contributed by atoms with Crippen molar-refractivity contribution in [3.8, 4) is 0 Å². The summed E-state index contributed by atoms with van der Waals surface area (Å²) in [6.07, 6.45) is 8.15. The van der Waals surface area contributed by atoms with E-state index in [9.17, 15) is 13.2 Å². The number of aromatic amines is 1. The van der Waals surface area contributed by atoms with Gasteiger partial charge < -0.3 is 15.0 Å². The molecule has 0 aliphatic carbocycles. The summed E-state index contributed by atoms with van der Waals surface area (Å²) >= 11 is 0. The summed E-state index contributed by atoms with van der Waals surface area (Å²) in [5.41, 5.74) is 2.23. The summed E-state index contributed by atoms with van der Waals surface area (Å²) in [6.45, 7) is 2.35. The van der Waals surface area contributed by atoms with Crippen LogP contribution in [0.1, 0.15) is 28.8 Å². The number of hydrogen-bond donors (Lipinski definition) is 2. The number of benzene rings is 1. The predicted octanol–water partition coefficient (Wildman–Crippen LogP) is 2.38. The molecule has 32 heavy (non-hydrogen) atoms. The van der Waals surface area contributed by atoms with Gasteiger partial charge in [-0.2, -0.15) is 0 Å². The maximum atomic E-state index is 12.4. The molecule has 3 aromatic rings. The van der Waals surface area contributed by atoms with E-state index in [0.717, 1.165) is 29.3 Å². The number of anilines is 1. The largest absolute Gasteiger partial charge is 0.478 e. The molecule has 0 saturated carbocycles. The number of piperidine rings is 1. The van der Waals surface area contributed by atoms with E-state index < -0.39 is 16.0 Å². The maximum absolute atomic E-state index is 12.4. The highest BCUT2D eigenvalue weighted by Gasteiger charge is 2.26. The van der Waals surface area contributed by atoms with Crippen LogP contribution in [0, 0.1) is 5.92 Å². The van der Waals surface area contributed by atoms with Crippen molar-refractivity contribution < 1.29 is 18.3 Å². The standard InChI is InChI=1S/C22H27N5O4S/c1-32(30,31)27(11-8-17-12-23-20-5-3-2-4-19(17)20)15-16-6-9-26(10-7-16)22-24-13-18(14-25-22)21(28)29/h2-5,12-14,16,23H,6-11,15H2,1H3,(H,28,29). The minimum absolute atomic E-state index is 0.0580. The first-order valence-corrected chi connectivity index (χ1v) is 12.5. The molecule has 0 radical (unpaired) electrons. The Labute approximate surface area is 187 Å². The highest BCUT2D eigenvalue weighted by atomic mass is 32.2. The fourth-order valence-electron chi connectivity index (χ4n) is 4.17. The van der Waals surface area contributed by atoms with Gasteiger partial charge in [0.15, 0.2) is 0 Å². The number of para-hydroxylation sites is 1. The number of aromatic carboxylic acids is 1. The van der Waals surface area contributed by atoms with Crippen LogP contribution in [-0.2, 0) is 16.4 Å². The lowest BCUT2D eigenvalue weighted by Crippen LogP contribution is -2.41. The van der Waals surface area contributed by atoms with Crippen LogP contribution in [0.25, 0.3) is 10.9 Å². The number of fused-ring (bicyclic) bond motifs is 1. The highest BCUT2D eigenvalue weighted by Crippen LogP contribution is 2.23. The van der Waals surface area contributed by atoms with Crippen molar-refractivity contribution in [1.29, 1.82) is 0 Å². The number of H-pyrrole nitrogens is 1. The molecule has 0 spiro atoms. The maximum Gasteiger partial charge on any atom is 0.338 e. The van der Waals surface area contributed by atoms with E-state index in [4.69, 9.17) is 5.11 Å². The first kappa shape index (κ1) is 22.2. The molecule has 0 unspecified atom stereocenters. The van der Waals surface area contributed by atoms with Crippen molar-refractivity contribution >= 4 is 32.8 Å². The molecule has 9 nitrogen and oxygen atoms in total. The molecule has 1 aliphatic heterocycles. The van der Waals surface area contributed by atoms with E-state index in [1.54, 1.807) is 4.31 Å². The van der Waals surface area contributed by atoms with Crippen LogP contribution in [0.3, 0.4) is 0 Å². The Balaban J connectivity index is 1.35. The number of nitrogens with zero attached hydrogens (tertiary/aromatic N) is 4. The molecule has 1 fully saturated rings. The van der Waals surface area contributed by atoms with Gasteiger partial charge in [-0.1, -0.05) is 18.2 Å². The van der Waals surface area contributed by atoms with E-state index >= 15 is 0 Å². The van der Waals surface area contributed by atoms with E-state index in [2.05, 4.69) is 15.0 Å². The van der Waals surface area contributed by atoms with Crippen molar-refractivity contribution in [2.24, 2.45) is 5.92 Å². The molecule has 170 valence electrons. The number of sulfonamides is 1. The number of hydrogen-bond acceptors (Lipinski definition) is 6. The lowest BCUT2D eigenvalue weighted by Gasteiger charge is -2.34. The molecule has 0 amide bonds. The Morgan fingerprint density at radius 2 is 1.91 bits per heavy atom. The molecule has 2 N–H and O–H groups in total. The molecule has 10 heteroatoms. The van der Waals surface area contributed by atoms with Crippen LogP contribution >= 0.6 is 0 Å². The average Bonchev–Trinajstić information content (AvgIpc) is 3.19. The molecule has 1 aliphatic rings. The van der Waals surface area contributed by atoms with Gasteiger partial charge in [-0.05, 0) is 36.8 Å². The van der Waals surface area contributed by atoms with Crippen LogP contribution < -0.4 is 4.90 Å². The third-order valence-corrected chi connectivity index (χ3v) is 7.29. The topological polar surface area (TPSA) is 119 Å². The second kappa shape index (κ2) is 9.25. The molecular weight excluding hydrogens is 430 g/mol. The molecule has 1 saturated heterocycles. The molecule has 2 aromatic heterocycles. The Kier molecular flexibility index (Phi) is 6.43. The fourth-order valence-corrected chi connectivity index (χ4v) is 5.08. The zero-order valence-electron chi connectivity index (χ0n) is 17.9. The van der Waals surface area contributed by atoms with Gasteiger partial charge in [-0.3, -0.25) is 0 Å². The van der Waals surface area contributed by atoms with Crippen LogP contribution in [0.2, 0.25) is 0 Å². The van der Waals surface area contributed by atoms with E-state index in [1.165, 1.54) is 18.6 Å². The number of carbonyl (C=O) groups is 1. The van der Waals surface area contributed by atoms with Gasteiger partial charge in [0.1, 0.15) is 0 Å². The van der Waals surface area contributed by atoms with Crippen LogP contribution in [0.4, 0.5) is 5.95 Å². The first-order chi connectivity index (χ1) is 15.3. The first-order valence-electron chi connectivity index (χ1n) is 10.6. The lowest BCUT2D eigenvalue weighted by molar-refractivity contribution is 0.0696. The normalized spacial score (nSPS) is 15.5. The van der Waals surface area contributed by atoms with E-state index in [1.807, 2.05) is 35.4 Å². The van der Waals surface area contributed by atoms with Crippen LogP contribution in [0.15, 0.2) is 42.9 Å². The Hall–Kier alpha value is -2.98. The van der Waals surface area contributed by atoms with Gasteiger partial charge in [0, 0.05) is 55.7 Å². The van der Waals surface area contributed by atoms with Crippen molar-refractivity contribution in [3.05, 3.63) is 54.0 Å². The molecule has 3 heterocycles. The quantitative estimate of drug-likeness (QED) is 0.533.